The second-order valence-electron chi connectivity index (χ2n) is 4.75. The third kappa shape index (κ3) is 3.06. The SMILES string of the molecule is COc1nccnc1O[C@@H]1CCN(C(=O)c2ccc(Br)o2)C1. The molecule has 0 saturated carbocycles. The summed E-state index contributed by atoms with van der Waals surface area (Å²) in [6, 6.07) is 3.34. The molecule has 2 aromatic rings. The number of hydrogen-bond donors (Lipinski definition) is 0. The maximum absolute atomic E-state index is 12.3. The Bertz CT molecular complexity index is 676. The summed E-state index contributed by atoms with van der Waals surface area (Å²) in [5, 5.41) is 0. The number of carbonyl (C=O) groups is 1. The minimum Gasteiger partial charge on any atom is -0.477 e. The molecule has 2 aromatic heterocycles. The zero-order chi connectivity index (χ0) is 15.5. The van der Waals surface area contributed by atoms with Crippen molar-refractivity contribution in [2.75, 3.05) is 20.2 Å². The fraction of sp³-hybridized carbons (Fsp3) is 0.357. The first kappa shape index (κ1) is 14.8. The van der Waals surface area contributed by atoms with Gasteiger partial charge in [-0.2, -0.15) is 0 Å². The van der Waals surface area contributed by atoms with Crippen molar-refractivity contribution in [2.45, 2.75) is 12.5 Å². The molecular formula is C14H14BrN3O4. The summed E-state index contributed by atoms with van der Waals surface area (Å²) in [6.07, 6.45) is 3.64. The van der Waals surface area contributed by atoms with E-state index in [-0.39, 0.29) is 12.0 Å². The molecule has 1 saturated heterocycles. The Balaban J connectivity index is 1.64. The number of amides is 1. The van der Waals surface area contributed by atoms with Gasteiger partial charge in [0.25, 0.3) is 17.7 Å². The third-order valence-electron chi connectivity index (χ3n) is 3.32. The molecule has 0 aliphatic carbocycles. The van der Waals surface area contributed by atoms with E-state index < -0.39 is 0 Å². The topological polar surface area (TPSA) is 77.7 Å². The molecule has 0 aromatic carbocycles. The fourth-order valence-electron chi connectivity index (χ4n) is 2.29. The Morgan fingerprint density at radius 1 is 1.36 bits per heavy atom. The summed E-state index contributed by atoms with van der Waals surface area (Å²) >= 11 is 3.19. The number of ether oxygens (including phenoxy) is 2. The van der Waals surface area contributed by atoms with Crippen LogP contribution in [0.15, 0.2) is 33.6 Å². The lowest BCUT2D eigenvalue weighted by molar-refractivity contribution is 0.0737. The molecule has 1 atom stereocenters. The van der Waals surface area contributed by atoms with E-state index in [1.54, 1.807) is 17.0 Å². The summed E-state index contributed by atoms with van der Waals surface area (Å²) in [6.45, 7) is 1.07. The largest absolute Gasteiger partial charge is 0.477 e. The second-order valence-corrected chi connectivity index (χ2v) is 5.54. The molecule has 1 fully saturated rings. The van der Waals surface area contributed by atoms with Crippen LogP contribution in [0.1, 0.15) is 17.0 Å². The molecule has 3 heterocycles. The van der Waals surface area contributed by atoms with Crippen LogP contribution in [0.5, 0.6) is 11.8 Å². The van der Waals surface area contributed by atoms with E-state index >= 15 is 0 Å². The number of rotatable bonds is 4. The van der Waals surface area contributed by atoms with Crippen molar-refractivity contribution in [1.29, 1.82) is 0 Å². The van der Waals surface area contributed by atoms with E-state index in [4.69, 9.17) is 13.9 Å². The third-order valence-corrected chi connectivity index (χ3v) is 3.75. The van der Waals surface area contributed by atoms with Crippen molar-refractivity contribution in [3.05, 3.63) is 35.0 Å². The number of furan rings is 1. The highest BCUT2D eigenvalue weighted by atomic mass is 79.9. The van der Waals surface area contributed by atoms with Crippen LogP contribution < -0.4 is 9.47 Å². The molecule has 3 rings (SSSR count). The first-order valence-electron chi connectivity index (χ1n) is 6.73. The number of carbonyl (C=O) groups excluding carboxylic acids is 1. The lowest BCUT2D eigenvalue weighted by Gasteiger charge is -2.16. The van der Waals surface area contributed by atoms with E-state index in [1.807, 2.05) is 0 Å². The lowest BCUT2D eigenvalue weighted by atomic mass is 10.3. The van der Waals surface area contributed by atoms with Crippen molar-refractivity contribution in [1.82, 2.24) is 14.9 Å². The van der Waals surface area contributed by atoms with E-state index in [1.165, 1.54) is 19.5 Å². The normalized spacial score (nSPS) is 17.5. The van der Waals surface area contributed by atoms with Crippen LogP contribution in [-0.2, 0) is 0 Å². The van der Waals surface area contributed by atoms with Crippen LogP contribution in [0.25, 0.3) is 0 Å². The molecule has 0 bridgehead atoms. The lowest BCUT2D eigenvalue weighted by Crippen LogP contribution is -2.30. The molecule has 0 unspecified atom stereocenters. The molecule has 116 valence electrons. The van der Waals surface area contributed by atoms with Crippen molar-refractivity contribution in [3.63, 3.8) is 0 Å². The highest BCUT2D eigenvalue weighted by Gasteiger charge is 2.30. The van der Waals surface area contributed by atoms with Crippen molar-refractivity contribution >= 4 is 21.8 Å². The van der Waals surface area contributed by atoms with Crippen LogP contribution in [0.2, 0.25) is 0 Å². The molecule has 8 heteroatoms. The van der Waals surface area contributed by atoms with Gasteiger partial charge in [-0.15, -0.1) is 0 Å². The van der Waals surface area contributed by atoms with Crippen LogP contribution in [0.4, 0.5) is 0 Å². The summed E-state index contributed by atoms with van der Waals surface area (Å²) in [7, 11) is 1.51. The Morgan fingerprint density at radius 2 is 2.14 bits per heavy atom. The minimum absolute atomic E-state index is 0.145. The molecule has 1 aliphatic heterocycles. The molecule has 1 aliphatic rings. The van der Waals surface area contributed by atoms with Crippen molar-refractivity contribution < 1.29 is 18.7 Å². The Morgan fingerprint density at radius 3 is 2.82 bits per heavy atom. The maximum Gasteiger partial charge on any atom is 0.289 e. The zero-order valence-electron chi connectivity index (χ0n) is 11.9. The Hall–Kier alpha value is -2.09. The van der Waals surface area contributed by atoms with Crippen molar-refractivity contribution in [2.24, 2.45) is 0 Å². The van der Waals surface area contributed by atoms with Gasteiger partial charge in [-0.3, -0.25) is 4.79 Å². The molecule has 0 spiro atoms. The summed E-state index contributed by atoms with van der Waals surface area (Å²) in [5.74, 6) is 0.833. The monoisotopic (exact) mass is 367 g/mol. The van der Waals surface area contributed by atoms with Gasteiger partial charge in [0.2, 0.25) is 0 Å². The van der Waals surface area contributed by atoms with E-state index in [0.717, 1.165) is 0 Å². The molecular weight excluding hydrogens is 354 g/mol. The van der Waals surface area contributed by atoms with Gasteiger partial charge in [0.05, 0.1) is 13.7 Å². The molecule has 7 nitrogen and oxygen atoms in total. The second kappa shape index (κ2) is 6.35. The molecule has 1 amide bonds. The highest BCUT2D eigenvalue weighted by Crippen LogP contribution is 2.25. The Kier molecular flexibility index (Phi) is 4.28. The number of likely N-dealkylation sites (tertiary alicyclic amines) is 1. The van der Waals surface area contributed by atoms with E-state index in [0.29, 0.717) is 41.7 Å². The summed E-state index contributed by atoms with van der Waals surface area (Å²) in [5.41, 5.74) is 0. The maximum atomic E-state index is 12.3. The standard InChI is InChI=1S/C14H14BrN3O4/c1-20-12-13(17-6-5-16-12)21-9-4-7-18(8-9)14(19)10-2-3-11(15)22-10/h2-3,5-6,9H,4,7-8H2,1H3/t9-/m1/s1. The van der Waals surface area contributed by atoms with Crippen molar-refractivity contribution in [3.8, 4) is 11.8 Å². The van der Waals surface area contributed by atoms with Gasteiger partial charge in [-0.05, 0) is 28.1 Å². The van der Waals surface area contributed by atoms with Gasteiger partial charge in [0, 0.05) is 25.4 Å². The highest BCUT2D eigenvalue weighted by molar-refractivity contribution is 9.10. The first-order valence-corrected chi connectivity index (χ1v) is 7.53. The first-order chi connectivity index (χ1) is 10.7. The van der Waals surface area contributed by atoms with Gasteiger partial charge >= 0.3 is 0 Å². The molecule has 22 heavy (non-hydrogen) atoms. The predicted molar refractivity (Wildman–Crippen MR) is 79.9 cm³/mol. The van der Waals surface area contributed by atoms with Gasteiger partial charge < -0.3 is 18.8 Å². The van der Waals surface area contributed by atoms with E-state index in [2.05, 4.69) is 25.9 Å². The molecule has 0 radical (unpaired) electrons. The van der Waals surface area contributed by atoms with Gasteiger partial charge in [-0.25, -0.2) is 9.97 Å². The Labute approximate surface area is 135 Å². The van der Waals surface area contributed by atoms with Gasteiger partial charge in [0.15, 0.2) is 10.4 Å². The van der Waals surface area contributed by atoms with Gasteiger partial charge in [0.1, 0.15) is 6.10 Å². The molecule has 0 N–H and O–H groups in total. The van der Waals surface area contributed by atoms with Crippen LogP contribution in [0, 0.1) is 0 Å². The average molecular weight is 368 g/mol. The quantitative estimate of drug-likeness (QED) is 0.823. The fourth-order valence-corrected chi connectivity index (χ4v) is 2.59. The van der Waals surface area contributed by atoms with Crippen LogP contribution in [0.3, 0.4) is 0 Å². The number of aromatic nitrogens is 2. The zero-order valence-corrected chi connectivity index (χ0v) is 13.4. The number of methoxy groups -OCH3 is 1. The number of nitrogens with zero attached hydrogens (tertiary/aromatic N) is 3. The van der Waals surface area contributed by atoms with Gasteiger partial charge in [-0.1, -0.05) is 0 Å². The smallest absolute Gasteiger partial charge is 0.289 e. The van der Waals surface area contributed by atoms with E-state index in [9.17, 15) is 4.79 Å². The summed E-state index contributed by atoms with van der Waals surface area (Å²) in [4.78, 5) is 22.1. The number of hydrogen-bond acceptors (Lipinski definition) is 6. The average Bonchev–Trinajstić information content (AvgIpc) is 3.16. The minimum atomic E-state index is -0.150. The summed E-state index contributed by atoms with van der Waals surface area (Å²) < 4.78 is 16.7. The number of halogens is 1. The van der Waals surface area contributed by atoms with Crippen LogP contribution in [-0.4, -0.2) is 47.1 Å². The predicted octanol–water partition coefficient (Wildman–Crippen LogP) is 2.13. The van der Waals surface area contributed by atoms with Crippen LogP contribution >= 0.6 is 15.9 Å².